The fraction of sp³-hybridized carbons (Fsp3) is 0.400. The lowest BCUT2D eigenvalue weighted by Crippen LogP contribution is -2.32. The molecule has 1 fully saturated rings. The SMILES string of the molecule is O=C(CN1CCCOCC1)c1c[nH]c2ccccc12. The zero-order valence-corrected chi connectivity index (χ0v) is 10.9. The number of ketones is 1. The van der Waals surface area contributed by atoms with Crippen molar-refractivity contribution in [3.8, 4) is 0 Å². The molecule has 4 heteroatoms. The van der Waals surface area contributed by atoms with Crippen LogP contribution in [0, 0.1) is 0 Å². The number of carbonyl (C=O) groups excluding carboxylic acids is 1. The number of fused-ring (bicyclic) bond motifs is 1. The van der Waals surface area contributed by atoms with Crippen molar-refractivity contribution in [1.29, 1.82) is 0 Å². The van der Waals surface area contributed by atoms with Crippen molar-refractivity contribution in [3.05, 3.63) is 36.0 Å². The fourth-order valence-corrected chi connectivity index (χ4v) is 2.55. The number of Topliss-reactive ketones (excluding diaryl/α,β-unsaturated/α-hetero) is 1. The molecule has 0 saturated carbocycles. The van der Waals surface area contributed by atoms with Gasteiger partial charge in [-0.05, 0) is 12.5 Å². The summed E-state index contributed by atoms with van der Waals surface area (Å²) in [7, 11) is 0. The molecule has 0 bridgehead atoms. The molecule has 1 aromatic carbocycles. The molecular formula is C15H18N2O2. The molecule has 2 aromatic rings. The van der Waals surface area contributed by atoms with Crippen molar-refractivity contribution in [2.24, 2.45) is 0 Å². The van der Waals surface area contributed by atoms with Crippen LogP contribution in [0.3, 0.4) is 0 Å². The molecule has 100 valence electrons. The number of hydrogen-bond donors (Lipinski definition) is 1. The van der Waals surface area contributed by atoms with Gasteiger partial charge >= 0.3 is 0 Å². The van der Waals surface area contributed by atoms with Crippen LogP contribution in [0.25, 0.3) is 10.9 Å². The summed E-state index contributed by atoms with van der Waals surface area (Å²) >= 11 is 0. The van der Waals surface area contributed by atoms with Gasteiger partial charge in [0.1, 0.15) is 0 Å². The smallest absolute Gasteiger partial charge is 0.178 e. The Balaban J connectivity index is 1.76. The average molecular weight is 258 g/mol. The maximum Gasteiger partial charge on any atom is 0.178 e. The van der Waals surface area contributed by atoms with E-state index < -0.39 is 0 Å². The summed E-state index contributed by atoms with van der Waals surface area (Å²) in [6, 6.07) is 7.92. The number of aromatic nitrogens is 1. The third kappa shape index (κ3) is 2.69. The summed E-state index contributed by atoms with van der Waals surface area (Å²) in [5.74, 6) is 0.180. The largest absolute Gasteiger partial charge is 0.380 e. The van der Waals surface area contributed by atoms with Gasteiger partial charge in [0.25, 0.3) is 0 Å². The number of nitrogens with zero attached hydrogens (tertiary/aromatic N) is 1. The first-order valence-electron chi connectivity index (χ1n) is 6.74. The van der Waals surface area contributed by atoms with E-state index in [1.165, 1.54) is 0 Å². The predicted octanol–water partition coefficient (Wildman–Crippen LogP) is 2.07. The lowest BCUT2D eigenvalue weighted by atomic mass is 10.1. The molecule has 1 aliphatic rings. The topological polar surface area (TPSA) is 45.3 Å². The average Bonchev–Trinajstić information content (AvgIpc) is 2.70. The van der Waals surface area contributed by atoms with E-state index in [1.807, 2.05) is 30.5 Å². The van der Waals surface area contributed by atoms with Crippen molar-refractivity contribution < 1.29 is 9.53 Å². The van der Waals surface area contributed by atoms with Crippen LogP contribution < -0.4 is 0 Å². The summed E-state index contributed by atoms with van der Waals surface area (Å²) in [6.45, 7) is 3.78. The summed E-state index contributed by atoms with van der Waals surface area (Å²) in [5, 5.41) is 1.01. The van der Waals surface area contributed by atoms with Crippen LogP contribution in [0.5, 0.6) is 0 Å². The van der Waals surface area contributed by atoms with Gasteiger partial charge in [-0.2, -0.15) is 0 Å². The number of benzene rings is 1. The zero-order chi connectivity index (χ0) is 13.1. The van der Waals surface area contributed by atoms with Gasteiger partial charge in [0.15, 0.2) is 5.78 Å². The first-order chi connectivity index (χ1) is 9.34. The summed E-state index contributed by atoms with van der Waals surface area (Å²) in [6.07, 6.45) is 2.82. The Kier molecular flexibility index (Phi) is 3.62. The molecule has 1 N–H and O–H groups in total. The van der Waals surface area contributed by atoms with E-state index in [0.29, 0.717) is 6.54 Å². The van der Waals surface area contributed by atoms with E-state index in [9.17, 15) is 4.79 Å². The van der Waals surface area contributed by atoms with Gasteiger partial charge in [-0.3, -0.25) is 9.69 Å². The molecule has 0 spiro atoms. The molecule has 4 nitrogen and oxygen atoms in total. The number of H-pyrrole nitrogens is 1. The van der Waals surface area contributed by atoms with E-state index in [1.54, 1.807) is 0 Å². The highest BCUT2D eigenvalue weighted by Gasteiger charge is 2.17. The third-order valence-electron chi connectivity index (χ3n) is 3.57. The van der Waals surface area contributed by atoms with Crippen molar-refractivity contribution in [1.82, 2.24) is 9.88 Å². The van der Waals surface area contributed by atoms with Crippen LogP contribution >= 0.6 is 0 Å². The Morgan fingerprint density at radius 1 is 1.26 bits per heavy atom. The number of aromatic amines is 1. The number of para-hydroxylation sites is 1. The van der Waals surface area contributed by atoms with Crippen LogP contribution in [0.4, 0.5) is 0 Å². The Bertz CT molecular complexity index is 568. The molecule has 1 aliphatic heterocycles. The summed E-state index contributed by atoms with van der Waals surface area (Å²) in [4.78, 5) is 17.7. The van der Waals surface area contributed by atoms with Crippen LogP contribution in [-0.2, 0) is 4.74 Å². The summed E-state index contributed by atoms with van der Waals surface area (Å²) < 4.78 is 5.41. The maximum atomic E-state index is 12.4. The van der Waals surface area contributed by atoms with Crippen molar-refractivity contribution in [3.63, 3.8) is 0 Å². The first kappa shape index (κ1) is 12.4. The molecule has 0 aliphatic carbocycles. The van der Waals surface area contributed by atoms with Crippen molar-refractivity contribution >= 4 is 16.7 Å². The minimum Gasteiger partial charge on any atom is -0.380 e. The molecular weight excluding hydrogens is 240 g/mol. The lowest BCUT2D eigenvalue weighted by Gasteiger charge is -2.17. The van der Waals surface area contributed by atoms with Crippen LogP contribution in [0.2, 0.25) is 0 Å². The van der Waals surface area contributed by atoms with Gasteiger partial charge in [-0.25, -0.2) is 0 Å². The van der Waals surface area contributed by atoms with E-state index >= 15 is 0 Å². The van der Waals surface area contributed by atoms with Gasteiger partial charge in [-0.15, -0.1) is 0 Å². The monoisotopic (exact) mass is 258 g/mol. The normalized spacial score (nSPS) is 17.5. The molecule has 0 radical (unpaired) electrons. The van der Waals surface area contributed by atoms with E-state index in [0.717, 1.165) is 49.2 Å². The summed E-state index contributed by atoms with van der Waals surface area (Å²) in [5.41, 5.74) is 1.81. The van der Waals surface area contributed by atoms with Crippen LogP contribution in [0.1, 0.15) is 16.8 Å². The number of hydrogen-bond acceptors (Lipinski definition) is 3. The van der Waals surface area contributed by atoms with Gasteiger partial charge in [0, 0.05) is 42.4 Å². The number of nitrogens with one attached hydrogen (secondary N) is 1. The molecule has 0 unspecified atom stereocenters. The van der Waals surface area contributed by atoms with Crippen LogP contribution in [0.15, 0.2) is 30.5 Å². The van der Waals surface area contributed by atoms with Crippen molar-refractivity contribution in [2.45, 2.75) is 6.42 Å². The van der Waals surface area contributed by atoms with Gasteiger partial charge < -0.3 is 9.72 Å². The standard InChI is InChI=1S/C15H18N2O2/c18-15(11-17-6-3-8-19-9-7-17)13-10-16-14-5-2-1-4-12(13)14/h1-2,4-5,10,16H,3,6-9,11H2. The highest BCUT2D eigenvalue weighted by molar-refractivity contribution is 6.08. The second-order valence-electron chi connectivity index (χ2n) is 4.91. The van der Waals surface area contributed by atoms with Gasteiger partial charge in [-0.1, -0.05) is 18.2 Å². The second-order valence-corrected chi connectivity index (χ2v) is 4.91. The minimum absolute atomic E-state index is 0.180. The quantitative estimate of drug-likeness (QED) is 0.857. The first-order valence-corrected chi connectivity index (χ1v) is 6.74. The molecule has 2 heterocycles. The van der Waals surface area contributed by atoms with Gasteiger partial charge in [0.05, 0.1) is 13.2 Å². The Labute approximate surface area is 112 Å². The number of rotatable bonds is 3. The van der Waals surface area contributed by atoms with E-state index in [4.69, 9.17) is 4.74 Å². The number of carbonyl (C=O) groups is 1. The third-order valence-corrected chi connectivity index (χ3v) is 3.57. The maximum absolute atomic E-state index is 12.4. The minimum atomic E-state index is 0.180. The highest BCUT2D eigenvalue weighted by atomic mass is 16.5. The molecule has 0 amide bonds. The van der Waals surface area contributed by atoms with Crippen LogP contribution in [-0.4, -0.2) is 48.5 Å². The van der Waals surface area contributed by atoms with E-state index in [-0.39, 0.29) is 5.78 Å². The fourth-order valence-electron chi connectivity index (χ4n) is 2.55. The highest BCUT2D eigenvalue weighted by Crippen LogP contribution is 2.18. The van der Waals surface area contributed by atoms with Gasteiger partial charge in [0.2, 0.25) is 0 Å². The Morgan fingerprint density at radius 2 is 2.16 bits per heavy atom. The molecule has 3 rings (SSSR count). The van der Waals surface area contributed by atoms with Crippen molar-refractivity contribution in [2.75, 3.05) is 32.8 Å². The molecule has 19 heavy (non-hydrogen) atoms. The second kappa shape index (κ2) is 5.55. The zero-order valence-electron chi connectivity index (χ0n) is 10.9. The predicted molar refractivity (Wildman–Crippen MR) is 74.5 cm³/mol. The van der Waals surface area contributed by atoms with E-state index in [2.05, 4.69) is 9.88 Å². The molecule has 0 atom stereocenters. The lowest BCUT2D eigenvalue weighted by molar-refractivity contribution is 0.0924. The number of ether oxygens (including phenoxy) is 1. The molecule has 1 aromatic heterocycles. The molecule has 1 saturated heterocycles. The Morgan fingerprint density at radius 3 is 3.11 bits per heavy atom. The Hall–Kier alpha value is -1.65.